The molecule has 3 aromatic rings. The molecule has 0 radical (unpaired) electrons. The largest absolute Gasteiger partial charge is 0.382 e. The average molecular weight is 519 g/mol. The normalized spacial score (nSPS) is 30.4. The van der Waals surface area contributed by atoms with E-state index in [9.17, 15) is 9.90 Å². The van der Waals surface area contributed by atoms with Gasteiger partial charge in [-0.05, 0) is 23.6 Å². The molecule has 200 valence electrons. The molecule has 1 aliphatic heterocycles. The first-order valence-electron chi connectivity index (χ1n) is 12.9. The summed E-state index contributed by atoms with van der Waals surface area (Å²) in [5.41, 5.74) is 1.60. The van der Waals surface area contributed by atoms with Crippen molar-refractivity contribution in [2.24, 2.45) is 5.92 Å². The second kappa shape index (κ2) is 11.5. The number of hydrogen-bond acceptors (Lipinski definition) is 7. The van der Waals surface area contributed by atoms with Gasteiger partial charge in [0.1, 0.15) is 17.8 Å². The zero-order valence-corrected chi connectivity index (χ0v) is 21.7. The van der Waals surface area contributed by atoms with E-state index < -0.39 is 41.4 Å². The number of benzene rings is 3. The van der Waals surface area contributed by atoms with Crippen LogP contribution in [-0.4, -0.2) is 54.3 Å². The molecule has 2 aliphatic rings. The van der Waals surface area contributed by atoms with Gasteiger partial charge < -0.3 is 28.8 Å². The van der Waals surface area contributed by atoms with Gasteiger partial charge in [0, 0.05) is 7.11 Å². The maximum atomic E-state index is 13.6. The van der Waals surface area contributed by atoms with E-state index in [0.29, 0.717) is 6.61 Å². The van der Waals surface area contributed by atoms with Gasteiger partial charge >= 0.3 is 0 Å². The quantitative estimate of drug-likeness (QED) is 0.410. The molecule has 3 aromatic carbocycles. The molecule has 1 N–H and O–H groups in total. The Bertz CT molecular complexity index is 1180. The minimum atomic E-state index is -2.00. The van der Waals surface area contributed by atoms with Crippen LogP contribution in [0.3, 0.4) is 0 Å². The third kappa shape index (κ3) is 5.31. The molecular weight excluding hydrogens is 484 g/mol. The van der Waals surface area contributed by atoms with Crippen LogP contribution in [0, 0.1) is 5.92 Å². The van der Waals surface area contributed by atoms with Crippen LogP contribution in [0.4, 0.5) is 0 Å². The fourth-order valence-electron chi connectivity index (χ4n) is 5.63. The zero-order chi connectivity index (χ0) is 26.6. The van der Waals surface area contributed by atoms with Crippen LogP contribution >= 0.6 is 0 Å². The lowest BCUT2D eigenvalue weighted by atomic mass is 9.87. The van der Waals surface area contributed by atoms with E-state index in [1.54, 1.807) is 7.11 Å². The van der Waals surface area contributed by atoms with Crippen LogP contribution in [0.1, 0.15) is 23.6 Å². The summed E-state index contributed by atoms with van der Waals surface area (Å²) in [5.74, 6) is -3.33. The van der Waals surface area contributed by atoms with Crippen LogP contribution in [0.5, 0.6) is 0 Å². The predicted molar refractivity (Wildman–Crippen MR) is 140 cm³/mol. The Kier molecular flexibility index (Phi) is 8.04. The van der Waals surface area contributed by atoms with Crippen LogP contribution in [-0.2, 0) is 48.3 Å². The number of ether oxygens (including phenoxy) is 5. The first-order chi connectivity index (χ1) is 18.4. The number of carbonyl (C=O) groups excluding carboxylic acids is 1. The molecule has 38 heavy (non-hydrogen) atoms. The highest BCUT2D eigenvalue weighted by Crippen LogP contribution is 2.53. The van der Waals surface area contributed by atoms with E-state index in [1.807, 2.05) is 91.0 Å². The Labute approximate surface area is 223 Å². The fourth-order valence-corrected chi connectivity index (χ4v) is 5.63. The highest BCUT2D eigenvalue weighted by Gasteiger charge is 2.74. The lowest BCUT2D eigenvalue weighted by molar-refractivity contribution is -0.258. The van der Waals surface area contributed by atoms with Crippen molar-refractivity contribution in [2.45, 2.75) is 56.4 Å². The molecule has 1 heterocycles. The second-order valence-electron chi connectivity index (χ2n) is 10.1. The zero-order valence-electron chi connectivity index (χ0n) is 21.7. The van der Waals surface area contributed by atoms with Crippen LogP contribution in [0.25, 0.3) is 0 Å². The van der Waals surface area contributed by atoms with Gasteiger partial charge in [-0.3, -0.25) is 4.79 Å². The van der Waals surface area contributed by atoms with E-state index in [1.165, 1.54) is 6.92 Å². The Balaban J connectivity index is 1.51. The van der Waals surface area contributed by atoms with Gasteiger partial charge in [-0.25, -0.2) is 0 Å². The van der Waals surface area contributed by atoms with Crippen LogP contribution in [0.2, 0.25) is 0 Å². The smallest absolute Gasteiger partial charge is 0.224 e. The summed E-state index contributed by atoms with van der Waals surface area (Å²) < 4.78 is 31.2. The van der Waals surface area contributed by atoms with E-state index in [4.69, 9.17) is 23.7 Å². The lowest BCUT2D eigenvalue weighted by Crippen LogP contribution is -2.52. The van der Waals surface area contributed by atoms with Gasteiger partial charge in [0.25, 0.3) is 0 Å². The molecule has 1 saturated heterocycles. The Morgan fingerprint density at radius 3 is 1.66 bits per heavy atom. The lowest BCUT2D eigenvalue weighted by Gasteiger charge is -2.36. The summed E-state index contributed by atoms with van der Waals surface area (Å²) in [6, 6.07) is 29.3. The Morgan fingerprint density at radius 1 is 0.737 bits per heavy atom. The molecule has 1 saturated carbocycles. The molecular formula is C31H34O7. The summed E-state index contributed by atoms with van der Waals surface area (Å²) in [7, 11) is 1.54. The summed E-state index contributed by atoms with van der Waals surface area (Å²) in [6.45, 7) is 2.21. The van der Waals surface area contributed by atoms with Gasteiger partial charge in [-0.15, -0.1) is 0 Å². The van der Waals surface area contributed by atoms with Crippen LogP contribution in [0.15, 0.2) is 91.0 Å². The van der Waals surface area contributed by atoms with Crippen molar-refractivity contribution in [3.8, 4) is 0 Å². The highest BCUT2D eigenvalue weighted by molar-refractivity contribution is 5.92. The van der Waals surface area contributed by atoms with E-state index in [2.05, 4.69) is 0 Å². The molecule has 7 heteroatoms. The molecule has 0 bridgehead atoms. The molecule has 2 fully saturated rings. The number of aliphatic hydroxyl groups is 1. The minimum absolute atomic E-state index is 0.0232. The van der Waals surface area contributed by atoms with Crippen molar-refractivity contribution in [2.75, 3.05) is 13.7 Å². The number of carbonyl (C=O) groups is 1. The molecule has 1 aliphatic carbocycles. The van der Waals surface area contributed by atoms with Crippen molar-refractivity contribution in [1.29, 1.82) is 0 Å². The Hall–Kier alpha value is -2.91. The van der Waals surface area contributed by atoms with Crippen molar-refractivity contribution >= 4 is 5.78 Å². The summed E-state index contributed by atoms with van der Waals surface area (Å²) in [4.78, 5) is 13.6. The SMILES string of the molecule is COC[C@]12O[C@](C)(O)C(=O)[C@H]1[C@H](OCc1ccccc1)[C@@H](OCc1ccccc1)[C@@H]2OCc1ccccc1. The number of ketones is 1. The summed E-state index contributed by atoms with van der Waals surface area (Å²) >= 11 is 0. The van der Waals surface area contributed by atoms with Crippen molar-refractivity contribution in [3.05, 3.63) is 108 Å². The minimum Gasteiger partial charge on any atom is -0.382 e. The van der Waals surface area contributed by atoms with Gasteiger partial charge in [0.05, 0.1) is 38.4 Å². The second-order valence-corrected chi connectivity index (χ2v) is 10.1. The molecule has 0 unspecified atom stereocenters. The topological polar surface area (TPSA) is 83.5 Å². The summed E-state index contributed by atoms with van der Waals surface area (Å²) in [6.07, 6.45) is -2.16. The highest BCUT2D eigenvalue weighted by atomic mass is 16.7. The maximum absolute atomic E-state index is 13.6. The third-order valence-corrected chi connectivity index (χ3v) is 7.30. The van der Waals surface area contributed by atoms with E-state index in [-0.39, 0.29) is 19.8 Å². The molecule has 6 atom stereocenters. The molecule has 0 aromatic heterocycles. The number of rotatable bonds is 11. The van der Waals surface area contributed by atoms with Gasteiger partial charge in [0.2, 0.25) is 5.79 Å². The molecule has 0 spiro atoms. The summed E-state index contributed by atoms with van der Waals surface area (Å²) in [5, 5.41) is 11.0. The number of fused-ring (bicyclic) bond motifs is 1. The number of Topliss-reactive ketones (excluding diaryl/α,β-unsaturated/α-hetero) is 1. The third-order valence-electron chi connectivity index (χ3n) is 7.30. The maximum Gasteiger partial charge on any atom is 0.224 e. The molecule has 7 nitrogen and oxygen atoms in total. The number of methoxy groups -OCH3 is 1. The van der Waals surface area contributed by atoms with Crippen molar-refractivity contribution in [1.82, 2.24) is 0 Å². The number of hydrogen-bond donors (Lipinski definition) is 1. The average Bonchev–Trinajstić information content (AvgIpc) is 3.29. The van der Waals surface area contributed by atoms with E-state index >= 15 is 0 Å². The molecule has 5 rings (SSSR count). The standard InChI is InChI=1S/C31H34O7/c1-30(33)28(32)25-26(35-18-22-12-6-3-7-13-22)27(36-19-23-14-8-4-9-15-23)29(31(25,38-30)21-34-2)37-20-24-16-10-5-11-17-24/h3-17,25-27,29,33H,18-21H2,1-2H3/t25-,26+,27-,29+,30+,31+/m1/s1. The first kappa shape index (κ1) is 26.7. The fraction of sp³-hybridized carbons (Fsp3) is 0.387. The van der Waals surface area contributed by atoms with Crippen molar-refractivity contribution < 1.29 is 33.6 Å². The van der Waals surface area contributed by atoms with Gasteiger partial charge in [0.15, 0.2) is 5.78 Å². The monoisotopic (exact) mass is 518 g/mol. The van der Waals surface area contributed by atoms with Crippen LogP contribution < -0.4 is 0 Å². The predicted octanol–water partition coefficient (Wildman–Crippen LogP) is 4.07. The first-order valence-corrected chi connectivity index (χ1v) is 12.9. The van der Waals surface area contributed by atoms with E-state index in [0.717, 1.165) is 16.7 Å². The van der Waals surface area contributed by atoms with Crippen molar-refractivity contribution in [3.63, 3.8) is 0 Å². The Morgan fingerprint density at radius 2 is 1.18 bits per heavy atom. The van der Waals surface area contributed by atoms with Gasteiger partial charge in [-0.1, -0.05) is 91.0 Å². The van der Waals surface area contributed by atoms with Gasteiger partial charge in [-0.2, -0.15) is 0 Å². The molecule has 0 amide bonds.